The fourth-order valence-corrected chi connectivity index (χ4v) is 3.21. The molecule has 1 aromatic rings. The van der Waals surface area contributed by atoms with Gasteiger partial charge in [-0.05, 0) is 31.7 Å². The van der Waals surface area contributed by atoms with Crippen molar-refractivity contribution < 1.29 is 29.1 Å². The van der Waals surface area contributed by atoms with Gasteiger partial charge in [-0.1, -0.05) is 30.3 Å². The van der Waals surface area contributed by atoms with E-state index in [0.29, 0.717) is 12.0 Å². The lowest BCUT2D eigenvalue weighted by atomic mass is 10.1. The molecule has 1 aromatic carbocycles. The second kappa shape index (κ2) is 15.7. The van der Waals surface area contributed by atoms with Crippen molar-refractivity contribution in [3.8, 4) is 0 Å². The first-order chi connectivity index (χ1) is 17.4. The zero-order valence-corrected chi connectivity index (χ0v) is 20.7. The third-order valence-corrected chi connectivity index (χ3v) is 5.27. The molecule has 0 fully saturated rings. The van der Waals surface area contributed by atoms with E-state index in [4.69, 9.17) is 22.9 Å². The van der Waals surface area contributed by atoms with Gasteiger partial charge >= 0.3 is 5.97 Å². The highest BCUT2D eigenvalue weighted by Crippen LogP contribution is 2.05. The van der Waals surface area contributed by atoms with Gasteiger partial charge in [0.25, 0.3) is 0 Å². The molecule has 0 heterocycles. The van der Waals surface area contributed by atoms with E-state index in [1.807, 2.05) is 0 Å². The van der Waals surface area contributed by atoms with Crippen LogP contribution in [0.3, 0.4) is 0 Å². The fourth-order valence-electron chi connectivity index (χ4n) is 3.21. The maximum absolute atomic E-state index is 12.8. The number of guanidine groups is 1. The Morgan fingerprint density at radius 3 is 2.08 bits per heavy atom. The van der Waals surface area contributed by atoms with Crippen molar-refractivity contribution in [2.24, 2.45) is 27.9 Å². The second-order valence-electron chi connectivity index (χ2n) is 8.44. The number of hydrogen-bond acceptors (Lipinski definition) is 7. The first kappa shape index (κ1) is 30.8. The van der Waals surface area contributed by atoms with Gasteiger partial charge in [-0.25, -0.2) is 4.79 Å². The van der Waals surface area contributed by atoms with E-state index in [0.717, 1.165) is 0 Å². The third kappa shape index (κ3) is 12.4. The second-order valence-corrected chi connectivity index (χ2v) is 8.44. The van der Waals surface area contributed by atoms with Gasteiger partial charge in [-0.15, -0.1) is 0 Å². The normalized spacial score (nSPS) is 13.8. The third-order valence-electron chi connectivity index (χ3n) is 5.27. The molecule has 14 heteroatoms. The SMILES string of the molecule is CC(NC(=O)C(CCC(N)=O)NC(=O)C(N)CCCN=C(N)N)C(=O)NC(Cc1ccccc1)C(=O)O. The Morgan fingerprint density at radius 1 is 0.892 bits per heavy atom. The van der Waals surface area contributed by atoms with E-state index in [9.17, 15) is 29.1 Å². The number of rotatable bonds is 16. The zero-order chi connectivity index (χ0) is 28.0. The Balaban J connectivity index is 2.76. The maximum Gasteiger partial charge on any atom is 0.326 e. The van der Waals surface area contributed by atoms with Crippen molar-refractivity contribution in [1.82, 2.24) is 16.0 Å². The Morgan fingerprint density at radius 2 is 1.51 bits per heavy atom. The molecule has 0 spiro atoms. The summed E-state index contributed by atoms with van der Waals surface area (Å²) in [6.07, 6.45) is 0.338. The summed E-state index contributed by atoms with van der Waals surface area (Å²) in [5.74, 6) is -4.18. The molecule has 0 aliphatic rings. The molecule has 37 heavy (non-hydrogen) atoms. The summed E-state index contributed by atoms with van der Waals surface area (Å²) in [4.78, 5) is 64.6. The minimum absolute atomic E-state index is 0.0426. The van der Waals surface area contributed by atoms with E-state index in [1.165, 1.54) is 6.92 Å². The molecule has 0 saturated heterocycles. The number of carbonyl (C=O) groups excluding carboxylic acids is 4. The van der Waals surface area contributed by atoms with Crippen molar-refractivity contribution in [2.45, 2.75) is 63.2 Å². The van der Waals surface area contributed by atoms with Gasteiger partial charge in [-0.2, -0.15) is 0 Å². The highest BCUT2D eigenvalue weighted by atomic mass is 16.4. The summed E-state index contributed by atoms with van der Waals surface area (Å²) in [5.41, 5.74) is 22.2. The summed E-state index contributed by atoms with van der Waals surface area (Å²) in [6.45, 7) is 1.63. The van der Waals surface area contributed by atoms with Crippen LogP contribution >= 0.6 is 0 Å². The van der Waals surface area contributed by atoms with Gasteiger partial charge in [0.2, 0.25) is 23.6 Å². The summed E-state index contributed by atoms with van der Waals surface area (Å²) in [6, 6.07) is 4.16. The number of nitrogens with two attached hydrogens (primary N) is 4. The van der Waals surface area contributed by atoms with Gasteiger partial charge in [0.15, 0.2) is 5.96 Å². The van der Waals surface area contributed by atoms with Crippen LogP contribution in [0, 0.1) is 0 Å². The molecule has 0 radical (unpaired) electrons. The maximum atomic E-state index is 12.8. The molecule has 4 amide bonds. The molecule has 4 atom stereocenters. The van der Waals surface area contributed by atoms with E-state index < -0.39 is 53.8 Å². The lowest BCUT2D eigenvalue weighted by molar-refractivity contribution is -0.142. The molecule has 0 aliphatic carbocycles. The van der Waals surface area contributed by atoms with Gasteiger partial charge in [0, 0.05) is 19.4 Å². The molecule has 1 rings (SSSR count). The van der Waals surface area contributed by atoms with E-state index in [2.05, 4.69) is 20.9 Å². The molecule has 14 nitrogen and oxygen atoms in total. The first-order valence-corrected chi connectivity index (χ1v) is 11.7. The number of nitrogens with one attached hydrogen (secondary N) is 3. The molecule has 204 valence electrons. The molecule has 0 saturated carbocycles. The molecule has 0 aromatic heterocycles. The number of nitrogens with zero attached hydrogens (tertiary/aromatic N) is 1. The van der Waals surface area contributed by atoms with Crippen LogP contribution in [0.2, 0.25) is 0 Å². The summed E-state index contributed by atoms with van der Waals surface area (Å²) < 4.78 is 0. The molecule has 0 bridgehead atoms. The predicted octanol–water partition coefficient (Wildman–Crippen LogP) is -2.57. The monoisotopic (exact) mass is 520 g/mol. The summed E-state index contributed by atoms with van der Waals surface area (Å²) >= 11 is 0. The molecular weight excluding hydrogens is 484 g/mol. The predicted molar refractivity (Wildman–Crippen MR) is 136 cm³/mol. The molecule has 0 aliphatic heterocycles. The van der Waals surface area contributed by atoms with Crippen molar-refractivity contribution in [3.05, 3.63) is 35.9 Å². The van der Waals surface area contributed by atoms with Crippen molar-refractivity contribution >= 4 is 35.6 Å². The van der Waals surface area contributed by atoms with Crippen molar-refractivity contribution in [1.29, 1.82) is 0 Å². The van der Waals surface area contributed by atoms with E-state index in [-0.39, 0.29) is 38.2 Å². The minimum Gasteiger partial charge on any atom is -0.480 e. The summed E-state index contributed by atoms with van der Waals surface area (Å²) in [5, 5.41) is 16.8. The minimum atomic E-state index is -1.24. The highest BCUT2D eigenvalue weighted by molar-refractivity contribution is 5.94. The number of primary amides is 1. The van der Waals surface area contributed by atoms with Crippen LogP contribution in [0.25, 0.3) is 0 Å². The van der Waals surface area contributed by atoms with Crippen LogP contribution < -0.4 is 38.9 Å². The van der Waals surface area contributed by atoms with Crippen LogP contribution in [0.5, 0.6) is 0 Å². The first-order valence-electron chi connectivity index (χ1n) is 11.7. The number of benzene rings is 1. The topological polar surface area (TPSA) is 258 Å². The van der Waals surface area contributed by atoms with E-state index in [1.54, 1.807) is 30.3 Å². The molecular formula is C23H36N8O6. The standard InChI is InChI=1S/C23H36N8O6/c1-13(19(33)31-17(22(36)37)12-14-6-3-2-4-7-14)29-21(35)16(9-10-18(25)32)30-20(34)15(24)8-5-11-28-23(26)27/h2-4,6-7,13,15-17H,5,8-12,24H2,1H3,(H2,25,32)(H,29,35)(H,30,34)(H,31,33)(H,36,37)(H4,26,27,28). The largest absolute Gasteiger partial charge is 0.480 e. The molecule has 12 N–H and O–H groups in total. The zero-order valence-electron chi connectivity index (χ0n) is 20.7. The Bertz CT molecular complexity index is 967. The number of carboxylic acids is 1. The smallest absolute Gasteiger partial charge is 0.326 e. The number of aliphatic imine (C=N–C) groups is 1. The van der Waals surface area contributed by atoms with Crippen LogP contribution in [-0.4, -0.2) is 71.4 Å². The van der Waals surface area contributed by atoms with Gasteiger partial charge in [0.05, 0.1) is 6.04 Å². The Hall–Kier alpha value is -4.20. The number of carboxylic acid groups (broad SMARTS) is 1. The van der Waals surface area contributed by atoms with Crippen molar-refractivity contribution in [3.63, 3.8) is 0 Å². The fraction of sp³-hybridized carbons (Fsp3) is 0.478. The lowest BCUT2D eigenvalue weighted by Gasteiger charge is -2.23. The average molecular weight is 521 g/mol. The van der Waals surface area contributed by atoms with Crippen LogP contribution in [0.4, 0.5) is 0 Å². The number of hydrogen-bond donors (Lipinski definition) is 8. The average Bonchev–Trinajstić information content (AvgIpc) is 2.83. The van der Waals surface area contributed by atoms with E-state index >= 15 is 0 Å². The quantitative estimate of drug-likeness (QED) is 0.0646. The van der Waals surface area contributed by atoms with Crippen LogP contribution in [0.15, 0.2) is 35.3 Å². The Kier molecular flexibility index (Phi) is 13.1. The summed E-state index contributed by atoms with van der Waals surface area (Å²) in [7, 11) is 0. The number of carbonyl (C=O) groups is 5. The highest BCUT2D eigenvalue weighted by Gasteiger charge is 2.28. The van der Waals surface area contributed by atoms with Crippen LogP contribution in [0.1, 0.15) is 38.2 Å². The van der Waals surface area contributed by atoms with Gasteiger partial charge in [0.1, 0.15) is 18.1 Å². The Labute approximate surface area is 214 Å². The number of amides is 4. The number of aliphatic carboxylic acids is 1. The van der Waals surface area contributed by atoms with Gasteiger partial charge in [-0.3, -0.25) is 24.2 Å². The lowest BCUT2D eigenvalue weighted by Crippen LogP contribution is -2.56. The van der Waals surface area contributed by atoms with Crippen LogP contribution in [-0.2, 0) is 30.4 Å². The van der Waals surface area contributed by atoms with Gasteiger partial charge < -0.3 is 44.0 Å². The molecule has 4 unspecified atom stereocenters. The van der Waals surface area contributed by atoms with Crippen molar-refractivity contribution in [2.75, 3.05) is 6.54 Å².